The minimum absolute atomic E-state index is 0.0671. The lowest BCUT2D eigenvalue weighted by Gasteiger charge is -2.04. The molecule has 1 aliphatic rings. The fourth-order valence-corrected chi connectivity index (χ4v) is 0.644. The fourth-order valence-electron chi connectivity index (χ4n) is 0.644. The smallest absolute Gasteiger partial charge is 0.272 e. The van der Waals surface area contributed by atoms with Crippen molar-refractivity contribution in [1.29, 1.82) is 0 Å². The van der Waals surface area contributed by atoms with E-state index in [1.807, 2.05) is 0 Å². The van der Waals surface area contributed by atoms with Crippen molar-refractivity contribution in [3.8, 4) is 0 Å². The molecule has 0 fully saturated rings. The number of rotatable bonds is 1. The van der Waals surface area contributed by atoms with E-state index in [0.717, 1.165) is 0 Å². The molecule has 0 atom stereocenters. The molecule has 1 heterocycles. The number of aliphatic hydroxyl groups is 1. The molecule has 5 nitrogen and oxygen atoms in total. The number of carbonyl (C=O) groups is 1. The lowest BCUT2D eigenvalue weighted by Crippen LogP contribution is -2.16. The molecule has 0 aromatic heterocycles. The summed E-state index contributed by atoms with van der Waals surface area (Å²) in [4.78, 5) is 10.4. The van der Waals surface area contributed by atoms with E-state index in [9.17, 15) is 4.79 Å². The summed E-state index contributed by atoms with van der Waals surface area (Å²) in [5.74, 6) is -0.802. The van der Waals surface area contributed by atoms with Crippen LogP contribution in [0.1, 0.15) is 6.42 Å². The number of nitrogens with zero attached hydrogens (tertiary/aromatic N) is 2. The number of primary amides is 1. The molecule has 10 heavy (non-hydrogen) atoms. The monoisotopic (exact) mass is 141 g/mol. The van der Waals surface area contributed by atoms with Gasteiger partial charge in [-0.1, -0.05) is 0 Å². The first kappa shape index (κ1) is 6.73. The number of nitrogens with two attached hydrogens (primary N) is 1. The molecule has 0 aromatic rings. The Morgan fingerprint density at radius 2 is 2.40 bits per heavy atom. The van der Waals surface area contributed by atoms with Crippen molar-refractivity contribution in [1.82, 2.24) is 0 Å². The maximum atomic E-state index is 10.4. The molecule has 0 saturated carbocycles. The second-order valence-electron chi connectivity index (χ2n) is 1.87. The molecule has 0 unspecified atom stereocenters. The lowest BCUT2D eigenvalue weighted by molar-refractivity contribution is -0.114. The molecular weight excluding hydrogens is 134 g/mol. The van der Waals surface area contributed by atoms with Crippen molar-refractivity contribution in [2.24, 2.45) is 16.0 Å². The van der Waals surface area contributed by atoms with Crippen LogP contribution in [0.5, 0.6) is 0 Å². The lowest BCUT2D eigenvalue weighted by atomic mass is 10.2. The van der Waals surface area contributed by atoms with E-state index >= 15 is 0 Å². The van der Waals surface area contributed by atoms with Gasteiger partial charge in [0, 0.05) is 6.42 Å². The first-order valence-corrected chi connectivity index (χ1v) is 2.81. The number of hydrogen-bond donors (Lipinski definition) is 2. The molecule has 1 aliphatic heterocycles. The van der Waals surface area contributed by atoms with Crippen LogP contribution in [0.3, 0.4) is 0 Å². The first-order chi connectivity index (χ1) is 4.72. The van der Waals surface area contributed by atoms with Gasteiger partial charge in [-0.05, 0) is 0 Å². The highest BCUT2D eigenvalue weighted by Gasteiger charge is 2.13. The van der Waals surface area contributed by atoms with Gasteiger partial charge in [-0.25, -0.2) is 0 Å². The summed E-state index contributed by atoms with van der Waals surface area (Å²) in [7, 11) is 0. The Kier molecular flexibility index (Phi) is 1.66. The Labute approximate surface area is 57.2 Å². The Morgan fingerprint density at radius 3 is 2.80 bits per heavy atom. The van der Waals surface area contributed by atoms with Crippen LogP contribution in [-0.4, -0.2) is 17.6 Å². The van der Waals surface area contributed by atoms with Crippen LogP contribution in [0.25, 0.3) is 0 Å². The van der Waals surface area contributed by atoms with E-state index in [1.54, 1.807) is 0 Å². The standard InChI is InChI=1S/C5H7N3O2/c6-5(10)4-3(9)1-2-7-8-4/h9H,1-2H2,(H2,6,10). The van der Waals surface area contributed by atoms with Crippen LogP contribution < -0.4 is 5.73 Å². The van der Waals surface area contributed by atoms with Crippen LogP contribution in [0, 0.1) is 0 Å². The third-order valence-electron chi connectivity index (χ3n) is 1.13. The highest BCUT2D eigenvalue weighted by atomic mass is 16.3. The average molecular weight is 141 g/mol. The molecule has 0 bridgehead atoms. The zero-order valence-electron chi connectivity index (χ0n) is 5.24. The Hall–Kier alpha value is -1.39. The zero-order chi connectivity index (χ0) is 7.56. The number of azo groups is 1. The zero-order valence-corrected chi connectivity index (χ0v) is 5.24. The molecule has 5 heteroatoms. The van der Waals surface area contributed by atoms with Crippen molar-refractivity contribution >= 4 is 5.91 Å². The van der Waals surface area contributed by atoms with Crippen molar-refractivity contribution in [2.45, 2.75) is 6.42 Å². The van der Waals surface area contributed by atoms with Crippen molar-refractivity contribution < 1.29 is 9.90 Å². The first-order valence-electron chi connectivity index (χ1n) is 2.81. The third kappa shape index (κ3) is 1.12. The van der Waals surface area contributed by atoms with Gasteiger partial charge in [0.1, 0.15) is 5.76 Å². The molecule has 0 spiro atoms. The van der Waals surface area contributed by atoms with Gasteiger partial charge >= 0.3 is 0 Å². The van der Waals surface area contributed by atoms with E-state index in [4.69, 9.17) is 10.8 Å². The second kappa shape index (κ2) is 2.47. The van der Waals surface area contributed by atoms with Crippen LogP contribution >= 0.6 is 0 Å². The highest BCUT2D eigenvalue weighted by molar-refractivity contribution is 5.91. The summed E-state index contributed by atoms with van der Waals surface area (Å²) in [6, 6.07) is 0. The van der Waals surface area contributed by atoms with E-state index in [1.165, 1.54) is 0 Å². The quantitative estimate of drug-likeness (QED) is 0.542. The summed E-state index contributed by atoms with van der Waals surface area (Å²) in [5.41, 5.74) is 4.73. The van der Waals surface area contributed by atoms with Crippen molar-refractivity contribution in [3.05, 3.63) is 11.5 Å². The average Bonchev–Trinajstić information content (AvgIpc) is 1.88. The highest BCUT2D eigenvalue weighted by Crippen LogP contribution is 2.12. The number of hydrogen-bond acceptors (Lipinski definition) is 4. The molecular formula is C5H7N3O2. The van der Waals surface area contributed by atoms with Gasteiger partial charge in [0.05, 0.1) is 6.54 Å². The van der Waals surface area contributed by atoms with Crippen molar-refractivity contribution in [2.75, 3.05) is 6.54 Å². The number of amides is 1. The van der Waals surface area contributed by atoms with Crippen LogP contribution in [0.15, 0.2) is 21.7 Å². The topological polar surface area (TPSA) is 88.0 Å². The fraction of sp³-hybridized carbons (Fsp3) is 0.400. The molecule has 1 amide bonds. The molecule has 54 valence electrons. The van der Waals surface area contributed by atoms with Gasteiger partial charge in [0.25, 0.3) is 5.91 Å². The van der Waals surface area contributed by atoms with Gasteiger partial charge in [-0.2, -0.15) is 5.11 Å². The van der Waals surface area contributed by atoms with E-state index in [0.29, 0.717) is 13.0 Å². The maximum absolute atomic E-state index is 10.4. The molecule has 0 radical (unpaired) electrons. The van der Waals surface area contributed by atoms with Gasteiger partial charge in [0.2, 0.25) is 0 Å². The summed E-state index contributed by atoms with van der Waals surface area (Å²) < 4.78 is 0. The third-order valence-corrected chi connectivity index (χ3v) is 1.13. The predicted octanol–water partition coefficient (Wildman–Crippen LogP) is 0.0972. The largest absolute Gasteiger partial charge is 0.510 e. The van der Waals surface area contributed by atoms with E-state index in [-0.39, 0.29) is 11.5 Å². The SMILES string of the molecule is NC(=O)C1=C(O)CCN=N1. The van der Waals surface area contributed by atoms with Crippen LogP contribution in [-0.2, 0) is 4.79 Å². The molecule has 1 rings (SSSR count). The number of carbonyl (C=O) groups excluding carboxylic acids is 1. The molecule has 0 saturated heterocycles. The number of aliphatic hydroxyl groups excluding tert-OH is 1. The minimum Gasteiger partial charge on any atom is -0.510 e. The van der Waals surface area contributed by atoms with E-state index in [2.05, 4.69) is 10.2 Å². The van der Waals surface area contributed by atoms with Crippen molar-refractivity contribution in [3.63, 3.8) is 0 Å². The normalized spacial score (nSPS) is 17.6. The van der Waals surface area contributed by atoms with E-state index < -0.39 is 5.91 Å². The second-order valence-corrected chi connectivity index (χ2v) is 1.87. The Bertz CT molecular complexity index is 219. The maximum Gasteiger partial charge on any atom is 0.272 e. The van der Waals surface area contributed by atoms with Gasteiger partial charge in [0.15, 0.2) is 5.70 Å². The molecule has 0 aliphatic carbocycles. The predicted molar refractivity (Wildman–Crippen MR) is 33.2 cm³/mol. The summed E-state index contributed by atoms with van der Waals surface area (Å²) in [6.45, 7) is 0.419. The van der Waals surface area contributed by atoms with Crippen LogP contribution in [0.4, 0.5) is 0 Å². The summed E-state index contributed by atoms with van der Waals surface area (Å²) in [5, 5.41) is 15.9. The van der Waals surface area contributed by atoms with Crippen LogP contribution in [0.2, 0.25) is 0 Å². The Morgan fingerprint density at radius 1 is 1.70 bits per heavy atom. The van der Waals surface area contributed by atoms with Gasteiger partial charge < -0.3 is 10.8 Å². The summed E-state index contributed by atoms with van der Waals surface area (Å²) >= 11 is 0. The Balaban J connectivity index is 2.90. The summed E-state index contributed by atoms with van der Waals surface area (Å²) in [6.07, 6.45) is 0.349. The minimum atomic E-state index is -0.735. The van der Waals surface area contributed by atoms with Gasteiger partial charge in [-0.3, -0.25) is 4.79 Å². The molecule has 0 aromatic carbocycles. The molecule has 3 N–H and O–H groups in total. The van der Waals surface area contributed by atoms with Gasteiger partial charge in [-0.15, -0.1) is 5.11 Å².